The van der Waals surface area contributed by atoms with Crippen LogP contribution in [0, 0.1) is 0 Å². The normalized spacial score (nSPS) is 17.5. The van der Waals surface area contributed by atoms with Gasteiger partial charge in [-0.15, -0.1) is 30.0 Å². The number of alkyl carbamates (subject to hydrolysis) is 2. The molecule has 73 heavy (non-hydrogen) atoms. The second-order valence-corrected chi connectivity index (χ2v) is 19.2. The summed E-state index contributed by atoms with van der Waals surface area (Å²) >= 11 is 5.79. The van der Waals surface area contributed by atoms with E-state index in [0.29, 0.717) is 40.5 Å². The maximum absolute atomic E-state index is 12.3. The zero-order valence-electron chi connectivity index (χ0n) is 41.3. The van der Waals surface area contributed by atoms with Gasteiger partial charge in [-0.2, -0.15) is 20.4 Å². The lowest BCUT2D eigenvalue weighted by Gasteiger charge is -2.33. The Morgan fingerprint density at radius 1 is 0.589 bits per heavy atom. The van der Waals surface area contributed by atoms with Crippen LogP contribution in [-0.2, 0) is 9.47 Å². The number of anilines is 5. The van der Waals surface area contributed by atoms with Gasteiger partial charge >= 0.3 is 12.2 Å². The topological polar surface area (TPSA) is 364 Å². The molecule has 0 aromatic carbocycles. The second kappa shape index (κ2) is 24.8. The summed E-state index contributed by atoms with van der Waals surface area (Å²) in [5.41, 5.74) is 16.3. The third kappa shape index (κ3) is 17.0. The number of aromatic nitrogens is 12. The van der Waals surface area contributed by atoms with Crippen LogP contribution in [0.4, 0.5) is 38.4 Å². The van der Waals surface area contributed by atoms with Crippen molar-refractivity contribution in [1.82, 2.24) is 71.0 Å². The highest BCUT2D eigenvalue weighted by atomic mass is 35.5. The minimum absolute atomic E-state index is 0.0305. The highest BCUT2D eigenvalue weighted by Crippen LogP contribution is 2.26. The summed E-state index contributed by atoms with van der Waals surface area (Å²) in [5, 5.41) is 46.9. The van der Waals surface area contributed by atoms with Crippen LogP contribution in [0.2, 0.25) is 5.15 Å². The van der Waals surface area contributed by atoms with Crippen molar-refractivity contribution < 1.29 is 28.7 Å². The first-order valence-corrected chi connectivity index (χ1v) is 23.8. The highest BCUT2D eigenvalue weighted by molar-refractivity contribution is 6.29. The largest absolute Gasteiger partial charge is 0.444 e. The van der Waals surface area contributed by atoms with Crippen molar-refractivity contribution in [3.63, 3.8) is 0 Å². The van der Waals surface area contributed by atoms with Crippen LogP contribution in [0.3, 0.4) is 0 Å². The van der Waals surface area contributed by atoms with Crippen molar-refractivity contribution >= 4 is 64.4 Å². The Morgan fingerprint density at radius 2 is 1.03 bits per heavy atom. The predicted molar refractivity (Wildman–Crippen MR) is 270 cm³/mol. The zero-order valence-corrected chi connectivity index (χ0v) is 42.1. The molecule has 2 aliphatic carbocycles. The lowest BCUT2D eigenvalue weighted by atomic mass is 9.90. The van der Waals surface area contributed by atoms with E-state index in [9.17, 15) is 19.2 Å². The first kappa shape index (κ1) is 54.2. The van der Waals surface area contributed by atoms with E-state index >= 15 is 0 Å². The third-order valence-electron chi connectivity index (χ3n) is 10.6. The molecule has 4 amide bonds. The average Bonchev–Trinajstić information content (AvgIpc) is 4.07. The average molecular weight is 1030 g/mol. The van der Waals surface area contributed by atoms with E-state index in [1.165, 1.54) is 15.7 Å². The standard InChI is InChI=1S/C23H30N10O3.C12H9ClN8O.C11H22N2O2/c1-23(2,3)36-22(35)29-15-8-5-4-7-14(15)27-18-13-16(20(21(24)34)32-31-18)28-17-9-6-10-19(30-17)33-25-11-12-26-33;13-8-6-7(11(12(14)22)20-19-8)17-9-2-1-3-10(18-9)21-15-4-5-16-21;1-11(2,3)15-10(14)13-9-7-5-4-6-8(9)12/h6,9-15H,4-5,7-8H2,1-3H3,(H2,24,34)(H,29,35)(H2,27,28,30,31);1-6H,(H2,14,22)(H,17,18,19);8-9H,4-7,12H2,1-3H3,(H,13,14)/t14-,15+;;8-,9+/m1.1/s1. The molecule has 0 bridgehead atoms. The second-order valence-electron chi connectivity index (χ2n) is 18.8. The van der Waals surface area contributed by atoms with Crippen molar-refractivity contribution in [2.45, 2.75) is 128 Å². The van der Waals surface area contributed by atoms with Crippen LogP contribution in [0.1, 0.15) is 114 Å². The van der Waals surface area contributed by atoms with Crippen LogP contribution in [0.15, 0.2) is 73.3 Å². The minimum atomic E-state index is -0.733. The predicted octanol–water partition coefficient (Wildman–Crippen LogP) is 5.27. The number of ether oxygens (including phenoxy) is 2. The van der Waals surface area contributed by atoms with Gasteiger partial charge in [-0.1, -0.05) is 49.4 Å². The van der Waals surface area contributed by atoms with E-state index in [1.54, 1.807) is 67.3 Å². The monoisotopic (exact) mass is 1020 g/mol. The maximum Gasteiger partial charge on any atom is 0.407 e. The minimum Gasteiger partial charge on any atom is -0.444 e. The van der Waals surface area contributed by atoms with E-state index in [0.717, 1.165) is 51.4 Å². The Kier molecular flexibility index (Phi) is 18.4. The van der Waals surface area contributed by atoms with Crippen molar-refractivity contribution in [3.8, 4) is 11.6 Å². The Morgan fingerprint density at radius 3 is 1.51 bits per heavy atom. The van der Waals surface area contributed by atoms with E-state index < -0.39 is 29.1 Å². The fraction of sp³-hybridized carbons (Fsp3) is 0.435. The van der Waals surface area contributed by atoms with Gasteiger partial charge in [0.2, 0.25) is 0 Å². The summed E-state index contributed by atoms with van der Waals surface area (Å²) in [5.74, 6) is 0.846. The molecule has 0 saturated heterocycles. The van der Waals surface area contributed by atoms with E-state index in [1.807, 2.05) is 41.5 Å². The molecular weight excluding hydrogens is 964 g/mol. The quantitative estimate of drug-likeness (QED) is 0.0773. The molecular formula is C46H61ClN20O6. The number of nitrogens with one attached hydrogen (secondary N) is 5. The molecule has 0 spiro atoms. The smallest absolute Gasteiger partial charge is 0.407 e. The number of primary amides is 2. The van der Waals surface area contributed by atoms with Gasteiger partial charge in [0.15, 0.2) is 34.0 Å². The zero-order chi connectivity index (χ0) is 52.7. The van der Waals surface area contributed by atoms with Crippen molar-refractivity contribution in [3.05, 3.63) is 89.9 Å². The van der Waals surface area contributed by atoms with Crippen LogP contribution in [-0.4, -0.2) is 120 Å². The van der Waals surface area contributed by atoms with Crippen LogP contribution in [0.5, 0.6) is 0 Å². The van der Waals surface area contributed by atoms with E-state index in [4.69, 9.17) is 38.3 Å². The molecule has 6 aromatic rings. The molecule has 11 N–H and O–H groups in total. The number of pyridine rings is 2. The number of rotatable bonds is 12. The SMILES string of the molecule is CC(C)(C)OC(=O)N[C@H]1CCCC[C@H]1N.CC(C)(C)OC(=O)N[C@H]1CCCC[C@H]1Nc1cc(Nc2cccc(-n3nccn3)n2)c(C(N)=O)nn1.NC(=O)c1nnc(Cl)cc1Nc1cccc(-n2nccn2)n1. The number of carbonyl (C=O) groups is 4. The molecule has 8 rings (SSSR count). The third-order valence-corrected chi connectivity index (χ3v) is 10.8. The number of hydrogen-bond donors (Lipinski definition) is 8. The summed E-state index contributed by atoms with van der Waals surface area (Å²) in [7, 11) is 0. The lowest BCUT2D eigenvalue weighted by Crippen LogP contribution is -2.50. The van der Waals surface area contributed by atoms with Gasteiger partial charge in [0.25, 0.3) is 11.8 Å². The molecule has 2 aliphatic rings. The Labute approximate surface area is 425 Å². The number of nitrogens with two attached hydrogens (primary N) is 3. The van der Waals surface area contributed by atoms with Crippen molar-refractivity contribution in [1.29, 1.82) is 0 Å². The van der Waals surface area contributed by atoms with E-state index in [-0.39, 0.29) is 46.8 Å². The summed E-state index contributed by atoms with van der Waals surface area (Å²) in [6.45, 7) is 11.0. The highest BCUT2D eigenvalue weighted by Gasteiger charge is 2.30. The maximum atomic E-state index is 12.3. The van der Waals surface area contributed by atoms with E-state index in [2.05, 4.69) is 77.3 Å². The fourth-order valence-corrected chi connectivity index (χ4v) is 7.61. The summed E-state index contributed by atoms with van der Waals surface area (Å²) in [4.78, 5) is 58.7. The molecule has 0 radical (unpaired) electrons. The first-order valence-electron chi connectivity index (χ1n) is 23.4. The molecule has 26 nitrogen and oxygen atoms in total. The number of amides is 4. The number of hydrogen-bond acceptors (Lipinski definition) is 20. The van der Waals surface area contributed by atoms with Gasteiger partial charge in [-0.05, 0) is 91.5 Å². The van der Waals surface area contributed by atoms with Gasteiger partial charge < -0.3 is 53.3 Å². The first-order chi connectivity index (χ1) is 34.7. The van der Waals surface area contributed by atoms with Crippen LogP contribution in [0.25, 0.3) is 11.6 Å². The van der Waals surface area contributed by atoms with Crippen LogP contribution < -0.4 is 43.8 Å². The summed E-state index contributed by atoms with van der Waals surface area (Å²) in [6, 6.07) is 13.4. The van der Waals surface area contributed by atoms with Gasteiger partial charge in [-0.3, -0.25) is 9.59 Å². The molecule has 2 fully saturated rings. The molecule has 4 atom stereocenters. The molecule has 0 unspecified atom stereocenters. The summed E-state index contributed by atoms with van der Waals surface area (Å²) in [6.07, 6.45) is 13.2. The number of nitrogens with zero attached hydrogens (tertiary/aromatic N) is 12. The fourth-order valence-electron chi connectivity index (χ4n) is 7.46. The summed E-state index contributed by atoms with van der Waals surface area (Å²) < 4.78 is 10.6. The van der Waals surface area contributed by atoms with Gasteiger partial charge in [0, 0.05) is 30.3 Å². The molecule has 2 saturated carbocycles. The van der Waals surface area contributed by atoms with Gasteiger partial charge in [0.05, 0.1) is 42.2 Å². The van der Waals surface area contributed by atoms with Gasteiger partial charge in [0.1, 0.15) is 22.8 Å². The number of halogens is 1. The Balaban J connectivity index is 0.000000199. The Bertz CT molecular complexity index is 2790. The lowest BCUT2D eigenvalue weighted by molar-refractivity contribution is 0.0475. The number of carbonyl (C=O) groups excluding carboxylic acids is 4. The molecule has 6 heterocycles. The van der Waals surface area contributed by atoms with Crippen molar-refractivity contribution in [2.24, 2.45) is 17.2 Å². The molecule has 388 valence electrons. The molecule has 27 heteroatoms. The van der Waals surface area contributed by atoms with Gasteiger partial charge in [-0.25, -0.2) is 19.6 Å². The van der Waals surface area contributed by atoms with Crippen LogP contribution >= 0.6 is 11.6 Å². The molecule has 6 aromatic heterocycles. The van der Waals surface area contributed by atoms with Crippen molar-refractivity contribution in [2.75, 3.05) is 16.0 Å². The Hall–Kier alpha value is -8.13. The molecule has 0 aliphatic heterocycles.